The Kier molecular flexibility index (Phi) is 4.30. The minimum atomic E-state index is -1.08. The van der Waals surface area contributed by atoms with Crippen molar-refractivity contribution in [3.8, 4) is 17.2 Å². The summed E-state index contributed by atoms with van der Waals surface area (Å²) in [6.07, 6.45) is 1.73. The third kappa shape index (κ3) is 2.90. The van der Waals surface area contributed by atoms with Gasteiger partial charge >= 0.3 is 0 Å². The molecule has 0 saturated heterocycles. The number of benzene rings is 2. The molecule has 3 heterocycles. The van der Waals surface area contributed by atoms with Gasteiger partial charge in [-0.3, -0.25) is 14.2 Å². The Balaban J connectivity index is 1.77. The first kappa shape index (κ1) is 19.6. The SMILES string of the molecule is COc1cc(/C=c2\sc3n(c2=O)C2c4ccccc4OC(C)(N=3)C2C(C)=O)ccc1O. The molecule has 158 valence electrons. The molecule has 0 aliphatic carbocycles. The number of phenols is 1. The molecule has 0 radical (unpaired) electrons. The summed E-state index contributed by atoms with van der Waals surface area (Å²) < 4.78 is 13.4. The monoisotopic (exact) mass is 436 g/mol. The zero-order valence-electron chi connectivity index (χ0n) is 17.2. The molecule has 8 heteroatoms. The van der Waals surface area contributed by atoms with Crippen LogP contribution in [0.2, 0.25) is 0 Å². The maximum atomic E-state index is 13.5. The van der Waals surface area contributed by atoms with E-state index in [2.05, 4.69) is 0 Å². The van der Waals surface area contributed by atoms with Crippen molar-refractivity contribution in [1.29, 1.82) is 0 Å². The van der Waals surface area contributed by atoms with Crippen LogP contribution in [0.3, 0.4) is 0 Å². The molecular weight excluding hydrogens is 416 g/mol. The number of rotatable bonds is 3. The van der Waals surface area contributed by atoms with Crippen LogP contribution in [-0.2, 0) is 4.79 Å². The summed E-state index contributed by atoms with van der Waals surface area (Å²) in [7, 11) is 1.47. The summed E-state index contributed by atoms with van der Waals surface area (Å²) in [6, 6.07) is 11.9. The third-order valence-electron chi connectivity index (χ3n) is 5.82. The van der Waals surface area contributed by atoms with Crippen molar-refractivity contribution < 1.29 is 19.4 Å². The van der Waals surface area contributed by atoms with Crippen LogP contribution in [-0.4, -0.2) is 28.3 Å². The molecule has 0 spiro atoms. The number of hydrogen-bond donors (Lipinski definition) is 1. The first-order valence-corrected chi connectivity index (χ1v) is 10.6. The first-order chi connectivity index (χ1) is 14.8. The summed E-state index contributed by atoms with van der Waals surface area (Å²) in [5.41, 5.74) is 0.209. The lowest BCUT2D eigenvalue weighted by Crippen LogP contribution is -2.58. The largest absolute Gasteiger partial charge is 0.504 e. The number of para-hydroxylation sites is 1. The van der Waals surface area contributed by atoms with Gasteiger partial charge in [-0.1, -0.05) is 35.6 Å². The van der Waals surface area contributed by atoms with E-state index in [4.69, 9.17) is 14.5 Å². The molecule has 5 rings (SSSR count). The fourth-order valence-corrected chi connectivity index (χ4v) is 5.59. The van der Waals surface area contributed by atoms with Gasteiger partial charge < -0.3 is 14.6 Å². The van der Waals surface area contributed by atoms with Gasteiger partial charge in [0.25, 0.3) is 5.56 Å². The van der Waals surface area contributed by atoms with Gasteiger partial charge in [-0.05, 0) is 43.7 Å². The van der Waals surface area contributed by atoms with Gasteiger partial charge in [0, 0.05) is 5.56 Å². The second-order valence-corrected chi connectivity index (χ2v) is 8.85. The smallest absolute Gasteiger partial charge is 0.270 e. The molecule has 2 aromatic carbocycles. The fraction of sp³-hybridized carbons (Fsp3) is 0.261. The van der Waals surface area contributed by atoms with E-state index in [1.54, 1.807) is 29.7 Å². The predicted molar refractivity (Wildman–Crippen MR) is 115 cm³/mol. The van der Waals surface area contributed by atoms with Crippen molar-refractivity contribution in [2.24, 2.45) is 10.9 Å². The highest BCUT2D eigenvalue weighted by atomic mass is 32.1. The van der Waals surface area contributed by atoms with Crippen LogP contribution in [0.4, 0.5) is 0 Å². The van der Waals surface area contributed by atoms with E-state index in [1.807, 2.05) is 24.3 Å². The van der Waals surface area contributed by atoms with E-state index in [0.29, 0.717) is 26.4 Å². The van der Waals surface area contributed by atoms with Crippen LogP contribution in [0.15, 0.2) is 52.3 Å². The molecule has 2 bridgehead atoms. The van der Waals surface area contributed by atoms with Crippen molar-refractivity contribution in [3.05, 3.63) is 73.3 Å². The molecule has 0 saturated carbocycles. The lowest BCUT2D eigenvalue weighted by atomic mass is 9.79. The summed E-state index contributed by atoms with van der Waals surface area (Å²) in [5, 5.41) is 9.83. The van der Waals surface area contributed by atoms with Gasteiger partial charge in [-0.15, -0.1) is 0 Å². The Hall–Kier alpha value is -3.39. The maximum Gasteiger partial charge on any atom is 0.270 e. The molecular formula is C23H20N2O5S. The molecule has 31 heavy (non-hydrogen) atoms. The molecule has 3 atom stereocenters. The number of aromatic hydroxyl groups is 1. The quantitative estimate of drug-likeness (QED) is 0.678. The van der Waals surface area contributed by atoms with Crippen LogP contribution in [0.1, 0.15) is 31.0 Å². The average molecular weight is 436 g/mol. The number of methoxy groups -OCH3 is 1. The Morgan fingerprint density at radius 2 is 2.10 bits per heavy atom. The number of carbonyl (C=O) groups excluding carboxylic acids is 1. The highest BCUT2D eigenvalue weighted by Gasteiger charge is 2.53. The summed E-state index contributed by atoms with van der Waals surface area (Å²) in [6.45, 7) is 3.31. The van der Waals surface area contributed by atoms with Crippen LogP contribution in [0.25, 0.3) is 6.08 Å². The van der Waals surface area contributed by atoms with Crippen LogP contribution < -0.4 is 24.4 Å². The van der Waals surface area contributed by atoms with E-state index in [1.165, 1.54) is 31.4 Å². The zero-order chi connectivity index (χ0) is 21.9. The van der Waals surface area contributed by atoms with Gasteiger partial charge in [0.15, 0.2) is 16.3 Å². The second-order valence-electron chi connectivity index (χ2n) is 7.84. The van der Waals surface area contributed by atoms with Gasteiger partial charge in [0.05, 0.1) is 17.7 Å². The maximum absolute atomic E-state index is 13.5. The fourth-order valence-electron chi connectivity index (χ4n) is 4.49. The van der Waals surface area contributed by atoms with Gasteiger partial charge in [-0.2, -0.15) is 0 Å². The van der Waals surface area contributed by atoms with E-state index in [9.17, 15) is 14.7 Å². The van der Waals surface area contributed by atoms with Crippen LogP contribution >= 0.6 is 11.3 Å². The number of ketones is 1. The molecule has 7 nitrogen and oxygen atoms in total. The molecule has 0 fully saturated rings. The number of nitrogens with zero attached hydrogens (tertiary/aromatic N) is 2. The first-order valence-electron chi connectivity index (χ1n) is 9.81. The number of Topliss-reactive ketones (excluding diaryl/α,β-unsaturated/α-hetero) is 1. The summed E-state index contributed by atoms with van der Waals surface area (Å²) >= 11 is 1.25. The number of aromatic nitrogens is 1. The van der Waals surface area contributed by atoms with Gasteiger partial charge in [0.2, 0.25) is 5.72 Å². The number of thiazole rings is 1. The molecule has 3 unspecified atom stereocenters. The average Bonchev–Trinajstić information content (AvgIpc) is 3.02. The summed E-state index contributed by atoms with van der Waals surface area (Å²) in [5.74, 6) is 0.291. The number of carbonyl (C=O) groups is 1. The second kappa shape index (κ2) is 6.81. The Labute approximate surface area is 181 Å². The van der Waals surface area contributed by atoms with Crippen molar-refractivity contribution in [2.45, 2.75) is 25.6 Å². The van der Waals surface area contributed by atoms with E-state index >= 15 is 0 Å². The van der Waals surface area contributed by atoms with Crippen molar-refractivity contribution >= 4 is 23.2 Å². The number of fused-ring (bicyclic) bond motifs is 6. The van der Waals surface area contributed by atoms with E-state index in [-0.39, 0.29) is 17.1 Å². The lowest BCUT2D eigenvalue weighted by Gasteiger charge is -2.45. The molecule has 1 aromatic heterocycles. The topological polar surface area (TPSA) is 90.1 Å². The Morgan fingerprint density at radius 1 is 1.32 bits per heavy atom. The number of ether oxygens (including phenoxy) is 2. The minimum Gasteiger partial charge on any atom is -0.504 e. The minimum absolute atomic E-state index is 0.0247. The highest BCUT2D eigenvalue weighted by molar-refractivity contribution is 7.07. The molecule has 2 aliphatic heterocycles. The molecule has 2 aliphatic rings. The predicted octanol–water partition coefficient (Wildman–Crippen LogP) is 1.99. The third-order valence-corrected chi connectivity index (χ3v) is 6.80. The molecule has 1 N–H and O–H groups in total. The standard InChI is InChI=1S/C23H20N2O5S/c1-12(26)19-20-14-6-4-5-7-16(14)30-23(19,2)24-22-25(20)21(28)18(31-22)11-13-8-9-15(27)17(10-13)29-3/h4-11,19-20,27H,1-3H3/b18-11-. The van der Waals surface area contributed by atoms with E-state index in [0.717, 1.165) is 5.56 Å². The number of phenolic OH excluding ortho intramolecular Hbond substituents is 1. The van der Waals surface area contributed by atoms with Crippen molar-refractivity contribution in [2.75, 3.05) is 7.11 Å². The zero-order valence-corrected chi connectivity index (χ0v) is 18.0. The van der Waals surface area contributed by atoms with Crippen LogP contribution in [0.5, 0.6) is 17.2 Å². The van der Waals surface area contributed by atoms with Crippen LogP contribution in [0, 0.1) is 5.92 Å². The van der Waals surface area contributed by atoms with Crippen molar-refractivity contribution in [3.63, 3.8) is 0 Å². The van der Waals surface area contributed by atoms with Gasteiger partial charge in [-0.25, -0.2) is 4.99 Å². The lowest BCUT2D eigenvalue weighted by molar-refractivity contribution is -0.132. The molecule has 0 amide bonds. The van der Waals surface area contributed by atoms with Crippen molar-refractivity contribution in [1.82, 2.24) is 4.57 Å². The highest BCUT2D eigenvalue weighted by Crippen LogP contribution is 2.47. The normalized spacial score (nSPS) is 23.9. The molecule has 3 aromatic rings. The summed E-state index contributed by atoms with van der Waals surface area (Å²) in [4.78, 5) is 31.4. The number of hydrogen-bond acceptors (Lipinski definition) is 7. The Morgan fingerprint density at radius 3 is 2.84 bits per heavy atom. The van der Waals surface area contributed by atoms with E-state index < -0.39 is 17.7 Å². The van der Waals surface area contributed by atoms with Gasteiger partial charge in [0.1, 0.15) is 17.5 Å². The Bertz CT molecular complexity index is 1410.